The van der Waals surface area contributed by atoms with Gasteiger partial charge in [-0.3, -0.25) is 0 Å². The first-order valence-corrected chi connectivity index (χ1v) is 26.5. The Morgan fingerprint density at radius 1 is 0.281 bits per heavy atom. The van der Waals surface area contributed by atoms with Crippen molar-refractivity contribution in [3.63, 3.8) is 0 Å². The molecule has 0 aliphatic carbocycles. The van der Waals surface area contributed by atoms with Crippen LogP contribution in [0.5, 0.6) is 11.5 Å². The minimum absolute atomic E-state index is 0.797. The lowest BCUT2D eigenvalue weighted by atomic mass is 9.91. The molecule has 0 spiro atoms. The van der Waals surface area contributed by atoms with Crippen molar-refractivity contribution in [2.45, 2.75) is 194 Å². The third kappa shape index (κ3) is 19.4. The molecule has 346 valence electrons. The number of rotatable bonds is 36. The molecule has 0 aliphatic heterocycles. The molecule has 0 aromatic heterocycles. The first kappa shape index (κ1) is 50.7. The summed E-state index contributed by atoms with van der Waals surface area (Å²) in [6, 6.07) is 34.8. The molecule has 0 bridgehead atoms. The SMILES string of the molecule is CCCCCCCCCCCCCCCCOc1ccc(/C=C/c2c3ccccc3c(/C=C/c3ccc(OCCCCCCCCCCCCCCCC)cc3)c3ccccc23)cc1. The zero-order chi connectivity index (χ0) is 44.5. The molecule has 5 aromatic rings. The van der Waals surface area contributed by atoms with Crippen molar-refractivity contribution in [3.8, 4) is 11.5 Å². The zero-order valence-electron chi connectivity index (χ0n) is 40.6. The Labute approximate surface area is 391 Å². The minimum Gasteiger partial charge on any atom is -0.494 e. The van der Waals surface area contributed by atoms with Crippen LogP contribution in [-0.2, 0) is 0 Å². The Hall–Kier alpha value is -4.30. The van der Waals surface area contributed by atoms with Crippen molar-refractivity contribution in [1.82, 2.24) is 0 Å². The summed E-state index contributed by atoms with van der Waals surface area (Å²) in [7, 11) is 0. The van der Waals surface area contributed by atoms with E-state index in [2.05, 4.69) is 135 Å². The molecule has 0 atom stereocenters. The van der Waals surface area contributed by atoms with E-state index in [0.717, 1.165) is 37.6 Å². The van der Waals surface area contributed by atoms with Gasteiger partial charge in [0.1, 0.15) is 11.5 Å². The van der Waals surface area contributed by atoms with E-state index in [1.54, 1.807) is 0 Å². The van der Waals surface area contributed by atoms with Crippen molar-refractivity contribution in [1.29, 1.82) is 0 Å². The van der Waals surface area contributed by atoms with E-state index in [9.17, 15) is 0 Å². The second-order valence-electron chi connectivity index (χ2n) is 18.6. The summed E-state index contributed by atoms with van der Waals surface area (Å²) < 4.78 is 12.3. The summed E-state index contributed by atoms with van der Waals surface area (Å²) in [4.78, 5) is 0. The van der Waals surface area contributed by atoms with Crippen LogP contribution in [-0.4, -0.2) is 13.2 Å². The fourth-order valence-electron chi connectivity index (χ4n) is 9.24. The monoisotopic (exact) mass is 863 g/mol. The third-order valence-electron chi connectivity index (χ3n) is 13.2. The highest BCUT2D eigenvalue weighted by atomic mass is 16.5. The van der Waals surface area contributed by atoms with Crippen molar-refractivity contribution >= 4 is 45.8 Å². The molecule has 0 unspecified atom stereocenters. The van der Waals surface area contributed by atoms with Gasteiger partial charge < -0.3 is 9.47 Å². The van der Waals surface area contributed by atoms with Crippen LogP contribution in [0.3, 0.4) is 0 Å². The molecule has 0 aliphatic rings. The molecule has 0 saturated carbocycles. The maximum absolute atomic E-state index is 6.13. The topological polar surface area (TPSA) is 18.5 Å². The summed E-state index contributed by atoms with van der Waals surface area (Å²) in [5.74, 6) is 1.92. The molecule has 0 fully saturated rings. The van der Waals surface area contributed by atoms with Crippen molar-refractivity contribution in [2.75, 3.05) is 13.2 Å². The van der Waals surface area contributed by atoms with Gasteiger partial charge in [0.25, 0.3) is 0 Å². The standard InChI is InChI=1S/C62H86O2/c1-3-5-7-9-11-13-15-17-19-21-23-25-27-33-51-63-55-45-39-53(40-46-55)43-49-61-57-35-29-31-37-59(57)62(60-38-32-30-36-58(60)61)50-44-54-41-47-56(48-42-54)64-52-34-28-26-24-22-20-18-16-14-12-10-8-6-4-2/h29-32,35-50H,3-28,33-34,51-52H2,1-2H3/b49-43+,50-44+. The molecule has 2 nitrogen and oxygen atoms in total. The van der Waals surface area contributed by atoms with E-state index in [1.165, 1.54) is 211 Å². The first-order valence-electron chi connectivity index (χ1n) is 26.5. The predicted molar refractivity (Wildman–Crippen MR) is 284 cm³/mol. The van der Waals surface area contributed by atoms with E-state index in [-0.39, 0.29) is 0 Å². The van der Waals surface area contributed by atoms with Crippen LogP contribution in [0.25, 0.3) is 45.8 Å². The van der Waals surface area contributed by atoms with E-state index in [1.807, 2.05) is 0 Å². The van der Waals surface area contributed by atoms with Crippen molar-refractivity contribution in [2.24, 2.45) is 0 Å². The van der Waals surface area contributed by atoms with Gasteiger partial charge >= 0.3 is 0 Å². The lowest BCUT2D eigenvalue weighted by Gasteiger charge is -2.13. The van der Waals surface area contributed by atoms with E-state index < -0.39 is 0 Å². The smallest absolute Gasteiger partial charge is 0.119 e. The Balaban J connectivity index is 1.03. The molecule has 0 heterocycles. The van der Waals surface area contributed by atoms with Gasteiger partial charge in [-0.1, -0.05) is 278 Å². The van der Waals surface area contributed by atoms with Gasteiger partial charge in [-0.15, -0.1) is 0 Å². The number of benzene rings is 5. The number of hydrogen-bond acceptors (Lipinski definition) is 2. The number of hydrogen-bond donors (Lipinski definition) is 0. The Morgan fingerprint density at radius 2 is 0.531 bits per heavy atom. The Kier molecular flexibility index (Phi) is 25.6. The zero-order valence-corrected chi connectivity index (χ0v) is 40.6. The summed E-state index contributed by atoms with van der Waals surface area (Å²) >= 11 is 0. The van der Waals surface area contributed by atoms with Crippen LogP contribution < -0.4 is 9.47 Å². The highest BCUT2D eigenvalue weighted by Gasteiger charge is 2.11. The van der Waals surface area contributed by atoms with E-state index in [4.69, 9.17) is 9.47 Å². The number of ether oxygens (including phenoxy) is 2. The molecule has 5 aromatic carbocycles. The van der Waals surface area contributed by atoms with Crippen molar-refractivity contribution in [3.05, 3.63) is 119 Å². The molecule has 64 heavy (non-hydrogen) atoms. The molecular formula is C62H86O2. The summed E-state index contributed by atoms with van der Waals surface area (Å²) in [5.41, 5.74) is 4.85. The van der Waals surface area contributed by atoms with Gasteiger partial charge in [0.05, 0.1) is 13.2 Å². The lowest BCUT2D eigenvalue weighted by molar-refractivity contribution is 0.304. The fourth-order valence-corrected chi connectivity index (χ4v) is 9.24. The van der Waals surface area contributed by atoms with Gasteiger partial charge in [-0.2, -0.15) is 0 Å². The van der Waals surface area contributed by atoms with Crippen LogP contribution in [0.2, 0.25) is 0 Å². The highest BCUT2D eigenvalue weighted by Crippen LogP contribution is 2.35. The van der Waals surface area contributed by atoms with Crippen molar-refractivity contribution < 1.29 is 9.47 Å². The van der Waals surface area contributed by atoms with Crippen LogP contribution in [0, 0.1) is 0 Å². The Morgan fingerprint density at radius 3 is 0.797 bits per heavy atom. The summed E-state index contributed by atoms with van der Waals surface area (Å²) in [5, 5.41) is 5.05. The highest BCUT2D eigenvalue weighted by molar-refractivity contribution is 6.14. The quantitative estimate of drug-likeness (QED) is 0.0227. The molecule has 0 amide bonds. The molecule has 5 rings (SSSR count). The van der Waals surface area contributed by atoms with Crippen LogP contribution in [0.1, 0.15) is 216 Å². The molecule has 0 radical (unpaired) electrons. The van der Waals surface area contributed by atoms with E-state index in [0.29, 0.717) is 0 Å². The van der Waals surface area contributed by atoms with Gasteiger partial charge in [-0.25, -0.2) is 0 Å². The van der Waals surface area contributed by atoms with Crippen LogP contribution >= 0.6 is 0 Å². The maximum atomic E-state index is 6.13. The van der Waals surface area contributed by atoms with Crippen LogP contribution in [0.15, 0.2) is 97.1 Å². The van der Waals surface area contributed by atoms with Crippen LogP contribution in [0.4, 0.5) is 0 Å². The molecule has 0 N–H and O–H groups in total. The van der Waals surface area contributed by atoms with Gasteiger partial charge in [0.15, 0.2) is 0 Å². The Bertz CT molecular complexity index is 1800. The second-order valence-corrected chi connectivity index (χ2v) is 18.6. The normalized spacial score (nSPS) is 11.8. The molecule has 0 saturated heterocycles. The fraction of sp³-hybridized carbons (Fsp3) is 0.516. The van der Waals surface area contributed by atoms with Gasteiger partial charge in [-0.05, 0) is 80.9 Å². The largest absolute Gasteiger partial charge is 0.494 e. The number of fused-ring (bicyclic) bond motifs is 2. The predicted octanol–water partition coefficient (Wildman–Crippen LogP) is 20.1. The average Bonchev–Trinajstić information content (AvgIpc) is 3.33. The first-order chi connectivity index (χ1) is 31.8. The van der Waals surface area contributed by atoms with Gasteiger partial charge in [0.2, 0.25) is 0 Å². The lowest BCUT2D eigenvalue weighted by Crippen LogP contribution is -1.97. The molecular weight excluding hydrogens is 777 g/mol. The number of unbranched alkanes of at least 4 members (excludes halogenated alkanes) is 26. The van der Waals surface area contributed by atoms with Gasteiger partial charge in [0, 0.05) is 0 Å². The maximum Gasteiger partial charge on any atom is 0.119 e. The minimum atomic E-state index is 0.797. The summed E-state index contributed by atoms with van der Waals surface area (Å²) in [6.45, 7) is 6.19. The summed E-state index contributed by atoms with van der Waals surface area (Å²) in [6.07, 6.45) is 47.5. The average molecular weight is 863 g/mol. The second kappa shape index (κ2) is 32.4. The third-order valence-corrected chi connectivity index (χ3v) is 13.2. The van der Waals surface area contributed by atoms with E-state index >= 15 is 0 Å². The molecule has 2 heteroatoms.